The zero-order valence-corrected chi connectivity index (χ0v) is 13.8. The van der Waals surface area contributed by atoms with Gasteiger partial charge < -0.3 is 0 Å². The Labute approximate surface area is 138 Å². The van der Waals surface area contributed by atoms with E-state index in [2.05, 4.69) is 15.9 Å². The molecule has 2 aromatic carbocycles. The zero-order valence-electron chi connectivity index (χ0n) is 9.18. The summed E-state index contributed by atoms with van der Waals surface area (Å²) >= 11 is 27.2. The van der Waals surface area contributed by atoms with Gasteiger partial charge in [-0.25, -0.2) is 0 Å². The van der Waals surface area contributed by atoms with Crippen molar-refractivity contribution in [1.29, 1.82) is 0 Å². The van der Waals surface area contributed by atoms with Gasteiger partial charge in [0.05, 0.1) is 25.7 Å². The molecule has 0 saturated heterocycles. The largest absolute Gasteiger partial charge is 0.288 e. The molecule has 6 heteroatoms. The van der Waals surface area contributed by atoms with Gasteiger partial charge >= 0.3 is 0 Å². The van der Waals surface area contributed by atoms with E-state index < -0.39 is 0 Å². The Balaban J connectivity index is 2.60. The van der Waals surface area contributed by atoms with Crippen molar-refractivity contribution in [2.24, 2.45) is 0 Å². The van der Waals surface area contributed by atoms with Gasteiger partial charge in [-0.05, 0) is 18.2 Å². The van der Waals surface area contributed by atoms with Crippen molar-refractivity contribution >= 4 is 68.1 Å². The molecule has 2 aromatic rings. The van der Waals surface area contributed by atoms with Crippen LogP contribution in [0.25, 0.3) is 0 Å². The van der Waals surface area contributed by atoms with Gasteiger partial charge in [-0.3, -0.25) is 4.79 Å². The molecule has 2 rings (SSSR count). The first-order chi connectivity index (χ1) is 8.91. The molecule has 0 atom stereocenters. The first kappa shape index (κ1) is 15.1. The van der Waals surface area contributed by atoms with Crippen LogP contribution in [0.4, 0.5) is 0 Å². The number of benzene rings is 2. The van der Waals surface area contributed by atoms with Gasteiger partial charge in [0.15, 0.2) is 5.78 Å². The third-order valence-corrected chi connectivity index (χ3v) is 4.48. The van der Waals surface area contributed by atoms with Crippen molar-refractivity contribution in [3.63, 3.8) is 0 Å². The van der Waals surface area contributed by atoms with E-state index in [0.717, 1.165) is 4.47 Å². The predicted molar refractivity (Wildman–Crippen MR) is 84.1 cm³/mol. The quantitative estimate of drug-likeness (QED) is 0.330. The number of carbonyl (C=O) groups excluding carboxylic acids is 1. The average Bonchev–Trinajstić information content (AvgIpc) is 2.36. The minimum atomic E-state index is -0.310. The summed E-state index contributed by atoms with van der Waals surface area (Å²) in [6.07, 6.45) is 0. The molecule has 0 spiro atoms. The maximum atomic E-state index is 12.4. The van der Waals surface area contributed by atoms with Crippen LogP contribution in [0, 0.1) is 0 Å². The molecule has 0 aliphatic heterocycles. The van der Waals surface area contributed by atoms with Crippen molar-refractivity contribution in [3.8, 4) is 0 Å². The van der Waals surface area contributed by atoms with Crippen LogP contribution in [0.15, 0.2) is 34.8 Å². The van der Waals surface area contributed by atoms with E-state index in [0.29, 0.717) is 5.56 Å². The maximum absolute atomic E-state index is 12.4. The summed E-state index contributed by atoms with van der Waals surface area (Å²) in [5.41, 5.74) is 0.604. The summed E-state index contributed by atoms with van der Waals surface area (Å²) in [4.78, 5) is 12.4. The molecule has 98 valence electrons. The van der Waals surface area contributed by atoms with Gasteiger partial charge in [-0.2, -0.15) is 0 Å². The predicted octanol–water partition coefficient (Wildman–Crippen LogP) is 6.29. The SMILES string of the molecule is O=C(c1cccc(Br)c1)c1c(Cl)cc(Cl)c(Cl)c1Cl. The number of hydrogen-bond donors (Lipinski definition) is 0. The fourth-order valence-electron chi connectivity index (χ4n) is 1.55. The Morgan fingerprint density at radius 2 is 1.63 bits per heavy atom. The van der Waals surface area contributed by atoms with Crippen LogP contribution >= 0.6 is 62.3 Å². The van der Waals surface area contributed by atoms with Crippen LogP contribution in [0.3, 0.4) is 0 Å². The Morgan fingerprint density at radius 3 is 2.26 bits per heavy atom. The molecule has 19 heavy (non-hydrogen) atoms. The zero-order chi connectivity index (χ0) is 14.2. The van der Waals surface area contributed by atoms with E-state index in [1.165, 1.54) is 6.07 Å². The van der Waals surface area contributed by atoms with E-state index in [9.17, 15) is 4.79 Å². The standard InChI is InChI=1S/C13H5BrCl4O/c14-7-3-1-2-6(4-7)13(19)10-8(15)5-9(16)11(17)12(10)18/h1-5H. The summed E-state index contributed by atoms with van der Waals surface area (Å²) in [7, 11) is 0. The lowest BCUT2D eigenvalue weighted by Gasteiger charge is -2.09. The van der Waals surface area contributed by atoms with Crippen molar-refractivity contribution in [3.05, 3.63) is 66.0 Å². The van der Waals surface area contributed by atoms with Crippen molar-refractivity contribution in [2.75, 3.05) is 0 Å². The molecular weight excluding hydrogens is 394 g/mol. The van der Waals surface area contributed by atoms with Gasteiger partial charge in [0, 0.05) is 10.0 Å². The molecule has 0 radical (unpaired) electrons. The average molecular weight is 399 g/mol. The summed E-state index contributed by atoms with van der Waals surface area (Å²) in [5.74, 6) is -0.310. The smallest absolute Gasteiger partial charge is 0.196 e. The van der Waals surface area contributed by atoms with Crippen LogP contribution < -0.4 is 0 Å². The Hall–Kier alpha value is -0.250. The highest BCUT2D eigenvalue weighted by atomic mass is 79.9. The Bertz CT molecular complexity index is 670. The Kier molecular flexibility index (Phi) is 4.80. The second-order valence-electron chi connectivity index (χ2n) is 3.68. The fourth-order valence-corrected chi connectivity index (χ4v) is 3.03. The van der Waals surface area contributed by atoms with E-state index in [1.54, 1.807) is 18.2 Å². The van der Waals surface area contributed by atoms with E-state index in [1.807, 2.05) is 6.07 Å². The molecule has 0 aromatic heterocycles. The van der Waals surface area contributed by atoms with Crippen molar-refractivity contribution in [1.82, 2.24) is 0 Å². The highest BCUT2D eigenvalue weighted by molar-refractivity contribution is 9.10. The van der Waals surface area contributed by atoms with Crippen LogP contribution in [-0.2, 0) is 0 Å². The molecular formula is C13H5BrCl4O. The first-order valence-corrected chi connectivity index (χ1v) is 7.35. The second-order valence-corrected chi connectivity index (χ2v) is 6.17. The number of halogens is 5. The van der Waals surface area contributed by atoms with Gasteiger partial charge in [-0.15, -0.1) is 0 Å². The monoisotopic (exact) mass is 396 g/mol. The molecule has 0 bridgehead atoms. The van der Waals surface area contributed by atoms with Gasteiger partial charge in [0.1, 0.15) is 0 Å². The van der Waals surface area contributed by atoms with E-state index in [4.69, 9.17) is 46.4 Å². The lowest BCUT2D eigenvalue weighted by Crippen LogP contribution is -2.04. The number of carbonyl (C=O) groups is 1. The lowest BCUT2D eigenvalue weighted by atomic mass is 10.0. The molecule has 0 heterocycles. The second kappa shape index (κ2) is 6.02. The van der Waals surface area contributed by atoms with Crippen LogP contribution in [0.2, 0.25) is 20.1 Å². The Morgan fingerprint density at radius 1 is 0.947 bits per heavy atom. The number of ketones is 1. The van der Waals surface area contributed by atoms with Crippen molar-refractivity contribution in [2.45, 2.75) is 0 Å². The van der Waals surface area contributed by atoms with Crippen LogP contribution in [-0.4, -0.2) is 5.78 Å². The molecule has 0 N–H and O–H groups in total. The number of hydrogen-bond acceptors (Lipinski definition) is 1. The highest BCUT2D eigenvalue weighted by Crippen LogP contribution is 2.38. The molecule has 0 saturated carbocycles. The maximum Gasteiger partial charge on any atom is 0.196 e. The fraction of sp³-hybridized carbons (Fsp3) is 0. The minimum Gasteiger partial charge on any atom is -0.288 e. The summed E-state index contributed by atoms with van der Waals surface area (Å²) in [6, 6.07) is 8.31. The molecule has 0 aliphatic rings. The summed E-state index contributed by atoms with van der Waals surface area (Å²) in [6.45, 7) is 0. The van der Waals surface area contributed by atoms with Gasteiger partial charge in [-0.1, -0.05) is 74.5 Å². The number of rotatable bonds is 2. The molecule has 0 unspecified atom stereocenters. The normalized spacial score (nSPS) is 10.6. The lowest BCUT2D eigenvalue weighted by molar-refractivity contribution is 0.103. The minimum absolute atomic E-state index is 0.0594. The highest BCUT2D eigenvalue weighted by Gasteiger charge is 2.21. The molecule has 1 nitrogen and oxygen atoms in total. The first-order valence-electron chi connectivity index (χ1n) is 5.05. The van der Waals surface area contributed by atoms with Crippen LogP contribution in [0.5, 0.6) is 0 Å². The van der Waals surface area contributed by atoms with E-state index >= 15 is 0 Å². The molecule has 0 fully saturated rings. The third kappa shape index (κ3) is 3.09. The third-order valence-electron chi connectivity index (χ3n) is 2.43. The molecule has 0 amide bonds. The van der Waals surface area contributed by atoms with Gasteiger partial charge in [0.25, 0.3) is 0 Å². The van der Waals surface area contributed by atoms with E-state index in [-0.39, 0.29) is 31.4 Å². The van der Waals surface area contributed by atoms with Gasteiger partial charge in [0.2, 0.25) is 0 Å². The van der Waals surface area contributed by atoms with Crippen molar-refractivity contribution < 1.29 is 4.79 Å². The molecule has 0 aliphatic carbocycles. The topological polar surface area (TPSA) is 17.1 Å². The summed E-state index contributed by atoms with van der Waals surface area (Å²) in [5, 5.41) is 0.557. The summed E-state index contributed by atoms with van der Waals surface area (Å²) < 4.78 is 0.783. The van der Waals surface area contributed by atoms with Crippen LogP contribution in [0.1, 0.15) is 15.9 Å².